The van der Waals surface area contributed by atoms with E-state index in [1.165, 1.54) is 6.07 Å². The van der Waals surface area contributed by atoms with Crippen LogP contribution in [0.2, 0.25) is 0 Å². The molecular formula is C12H6Br3FO. The van der Waals surface area contributed by atoms with Gasteiger partial charge in [0.1, 0.15) is 11.6 Å². The van der Waals surface area contributed by atoms with Crippen molar-refractivity contribution in [3.8, 4) is 11.5 Å². The van der Waals surface area contributed by atoms with Crippen LogP contribution in [0.25, 0.3) is 0 Å². The minimum atomic E-state index is -0.363. The fourth-order valence-electron chi connectivity index (χ4n) is 1.25. The van der Waals surface area contributed by atoms with Gasteiger partial charge in [0.2, 0.25) is 0 Å². The van der Waals surface area contributed by atoms with E-state index in [0.29, 0.717) is 20.4 Å². The normalized spacial score (nSPS) is 10.4. The summed E-state index contributed by atoms with van der Waals surface area (Å²) in [5, 5.41) is 0. The highest BCUT2D eigenvalue weighted by Gasteiger charge is 2.12. The molecule has 0 aliphatic carbocycles. The zero-order valence-electron chi connectivity index (χ0n) is 8.38. The molecule has 88 valence electrons. The lowest BCUT2D eigenvalue weighted by Crippen LogP contribution is -1.89. The Morgan fingerprint density at radius 1 is 1.00 bits per heavy atom. The van der Waals surface area contributed by atoms with Gasteiger partial charge < -0.3 is 4.74 Å². The second kappa shape index (κ2) is 5.50. The zero-order chi connectivity index (χ0) is 12.4. The summed E-state index contributed by atoms with van der Waals surface area (Å²) in [6.45, 7) is 0. The van der Waals surface area contributed by atoms with Crippen molar-refractivity contribution in [1.29, 1.82) is 0 Å². The van der Waals surface area contributed by atoms with Gasteiger partial charge in [0.15, 0.2) is 5.75 Å². The third-order valence-corrected chi connectivity index (χ3v) is 3.87. The van der Waals surface area contributed by atoms with E-state index in [-0.39, 0.29) is 5.82 Å². The lowest BCUT2D eigenvalue weighted by Gasteiger charge is -2.10. The molecule has 0 atom stereocenters. The summed E-state index contributed by atoms with van der Waals surface area (Å²) in [6.07, 6.45) is 0. The van der Waals surface area contributed by atoms with Crippen molar-refractivity contribution in [3.05, 3.63) is 55.6 Å². The van der Waals surface area contributed by atoms with Crippen LogP contribution in [0.1, 0.15) is 0 Å². The van der Waals surface area contributed by atoms with Crippen molar-refractivity contribution in [1.82, 2.24) is 0 Å². The molecule has 0 saturated carbocycles. The summed E-state index contributed by atoms with van der Waals surface area (Å²) in [4.78, 5) is 0. The van der Waals surface area contributed by atoms with Gasteiger partial charge in [-0.05, 0) is 62.2 Å². The fraction of sp³-hybridized carbons (Fsp3) is 0. The van der Waals surface area contributed by atoms with Gasteiger partial charge in [-0.25, -0.2) is 4.39 Å². The number of hydrogen-bond donors (Lipinski definition) is 0. The molecule has 0 aromatic heterocycles. The SMILES string of the molecule is Fc1ccc(Br)c(Oc2cccc(Br)c2)c1Br. The van der Waals surface area contributed by atoms with E-state index in [1.54, 1.807) is 12.1 Å². The average molecular weight is 425 g/mol. The molecule has 0 heterocycles. The van der Waals surface area contributed by atoms with Crippen molar-refractivity contribution < 1.29 is 9.13 Å². The maximum absolute atomic E-state index is 13.4. The number of benzene rings is 2. The molecule has 5 heteroatoms. The molecule has 2 aromatic rings. The van der Waals surface area contributed by atoms with Crippen LogP contribution in [0, 0.1) is 5.82 Å². The molecule has 0 fully saturated rings. The highest BCUT2D eigenvalue weighted by atomic mass is 79.9. The lowest BCUT2D eigenvalue weighted by molar-refractivity contribution is 0.469. The third-order valence-electron chi connectivity index (χ3n) is 2.02. The van der Waals surface area contributed by atoms with Crippen LogP contribution < -0.4 is 4.74 Å². The van der Waals surface area contributed by atoms with E-state index in [2.05, 4.69) is 47.8 Å². The van der Waals surface area contributed by atoms with E-state index in [9.17, 15) is 4.39 Å². The van der Waals surface area contributed by atoms with Crippen LogP contribution in [0.15, 0.2) is 49.8 Å². The van der Waals surface area contributed by atoms with Crippen molar-refractivity contribution >= 4 is 47.8 Å². The molecule has 0 bridgehead atoms. The smallest absolute Gasteiger partial charge is 0.158 e. The highest BCUT2D eigenvalue weighted by molar-refractivity contribution is 9.11. The molecule has 0 aliphatic heterocycles. The zero-order valence-corrected chi connectivity index (χ0v) is 13.1. The molecule has 1 nitrogen and oxygen atoms in total. The Labute approximate surface area is 123 Å². The van der Waals surface area contributed by atoms with Gasteiger partial charge in [-0.2, -0.15) is 0 Å². The van der Waals surface area contributed by atoms with E-state index in [1.807, 2.05) is 18.2 Å². The standard InChI is InChI=1S/C12H6Br3FO/c13-7-2-1-3-8(6-7)17-12-9(14)4-5-10(16)11(12)15/h1-6H. The minimum Gasteiger partial charge on any atom is -0.455 e. The van der Waals surface area contributed by atoms with E-state index >= 15 is 0 Å². The summed E-state index contributed by atoms with van der Waals surface area (Å²) >= 11 is 9.84. The molecule has 2 rings (SSSR count). The van der Waals surface area contributed by atoms with Crippen LogP contribution in [0.5, 0.6) is 11.5 Å². The molecule has 0 unspecified atom stereocenters. The Bertz CT molecular complexity index is 557. The first kappa shape index (κ1) is 13.1. The Morgan fingerprint density at radius 2 is 1.76 bits per heavy atom. The third kappa shape index (κ3) is 3.09. The first-order chi connectivity index (χ1) is 8.08. The molecule has 0 N–H and O–H groups in total. The van der Waals surface area contributed by atoms with Crippen LogP contribution in [0.4, 0.5) is 4.39 Å². The van der Waals surface area contributed by atoms with E-state index in [0.717, 1.165) is 4.47 Å². The lowest BCUT2D eigenvalue weighted by atomic mass is 10.3. The first-order valence-electron chi connectivity index (χ1n) is 4.65. The monoisotopic (exact) mass is 422 g/mol. The van der Waals surface area contributed by atoms with Crippen molar-refractivity contribution in [2.45, 2.75) is 0 Å². The second-order valence-electron chi connectivity index (χ2n) is 3.23. The molecule has 0 aliphatic rings. The van der Waals surface area contributed by atoms with Gasteiger partial charge in [0.05, 0.1) is 8.95 Å². The van der Waals surface area contributed by atoms with Gasteiger partial charge in [0.25, 0.3) is 0 Å². The van der Waals surface area contributed by atoms with Crippen molar-refractivity contribution in [3.63, 3.8) is 0 Å². The molecule has 0 radical (unpaired) electrons. The minimum absolute atomic E-state index is 0.298. The van der Waals surface area contributed by atoms with Gasteiger partial charge in [-0.1, -0.05) is 22.0 Å². The average Bonchev–Trinajstić information content (AvgIpc) is 2.30. The quantitative estimate of drug-likeness (QED) is 0.545. The summed E-state index contributed by atoms with van der Waals surface area (Å²) in [7, 11) is 0. The molecule has 2 aromatic carbocycles. The second-order valence-corrected chi connectivity index (χ2v) is 5.79. The maximum Gasteiger partial charge on any atom is 0.158 e. The van der Waals surface area contributed by atoms with Crippen LogP contribution in [-0.4, -0.2) is 0 Å². The number of ether oxygens (including phenoxy) is 1. The van der Waals surface area contributed by atoms with Crippen molar-refractivity contribution in [2.75, 3.05) is 0 Å². The summed E-state index contributed by atoms with van der Waals surface area (Å²) in [5.74, 6) is 0.688. The summed E-state index contributed by atoms with van der Waals surface area (Å²) in [6, 6.07) is 10.3. The topological polar surface area (TPSA) is 9.23 Å². The van der Waals surface area contributed by atoms with Crippen molar-refractivity contribution in [2.24, 2.45) is 0 Å². The molecule has 0 saturated heterocycles. The van der Waals surface area contributed by atoms with Crippen LogP contribution in [-0.2, 0) is 0 Å². The van der Waals surface area contributed by atoms with Crippen LogP contribution in [0.3, 0.4) is 0 Å². The molecule has 0 spiro atoms. The van der Waals surface area contributed by atoms with E-state index in [4.69, 9.17) is 4.74 Å². The highest BCUT2D eigenvalue weighted by Crippen LogP contribution is 2.38. The van der Waals surface area contributed by atoms with Crippen LogP contribution >= 0.6 is 47.8 Å². The summed E-state index contributed by atoms with van der Waals surface area (Å²) < 4.78 is 20.9. The Balaban J connectivity index is 2.39. The van der Waals surface area contributed by atoms with Gasteiger partial charge >= 0.3 is 0 Å². The Morgan fingerprint density at radius 3 is 2.47 bits per heavy atom. The van der Waals surface area contributed by atoms with E-state index < -0.39 is 0 Å². The van der Waals surface area contributed by atoms with Gasteiger partial charge in [-0.3, -0.25) is 0 Å². The number of hydrogen-bond acceptors (Lipinski definition) is 1. The number of rotatable bonds is 2. The maximum atomic E-state index is 13.4. The molecule has 17 heavy (non-hydrogen) atoms. The number of halogens is 4. The van der Waals surface area contributed by atoms with Gasteiger partial charge in [-0.15, -0.1) is 0 Å². The molecule has 0 amide bonds. The Kier molecular flexibility index (Phi) is 4.22. The predicted molar refractivity (Wildman–Crippen MR) is 76.0 cm³/mol. The Hall–Kier alpha value is -0.390. The molecular weight excluding hydrogens is 419 g/mol. The largest absolute Gasteiger partial charge is 0.455 e. The predicted octanol–water partition coefficient (Wildman–Crippen LogP) is 5.91. The summed E-state index contributed by atoms with van der Waals surface area (Å²) in [5.41, 5.74) is 0. The fourth-order valence-corrected chi connectivity index (χ4v) is 2.73. The van der Waals surface area contributed by atoms with Gasteiger partial charge in [0, 0.05) is 4.47 Å². The first-order valence-corrected chi connectivity index (χ1v) is 7.03.